The summed E-state index contributed by atoms with van der Waals surface area (Å²) < 4.78 is 44.5. The fourth-order valence-corrected chi connectivity index (χ4v) is 0.934. The number of rotatable bonds is 5. The molecule has 0 spiro atoms. The van der Waals surface area contributed by atoms with Gasteiger partial charge < -0.3 is 9.15 Å². The van der Waals surface area contributed by atoms with E-state index >= 15 is 0 Å². The lowest BCUT2D eigenvalue weighted by Gasteiger charge is -2.00. The lowest BCUT2D eigenvalue weighted by atomic mass is 10.4. The number of hydrogen-bond acceptors (Lipinski definition) is 5. The zero-order valence-corrected chi connectivity index (χ0v) is 8.69. The molecule has 0 aromatic carbocycles. The van der Waals surface area contributed by atoms with Crippen molar-refractivity contribution < 1.29 is 32.0 Å². The lowest BCUT2D eigenvalue weighted by Crippen LogP contribution is -2.05. The normalized spacial score (nSPS) is 9.94. The monoisotopic (exact) mass is 265 g/mol. The molecule has 0 fully saturated rings. The van der Waals surface area contributed by atoms with E-state index in [1.807, 2.05) is 0 Å². The number of ether oxygens (including phenoxy) is 1. The van der Waals surface area contributed by atoms with Gasteiger partial charge in [-0.15, -0.1) is 0 Å². The summed E-state index contributed by atoms with van der Waals surface area (Å²) in [6.07, 6.45) is -3.27. The van der Waals surface area contributed by atoms with Crippen molar-refractivity contribution >= 4 is 11.9 Å². The molecule has 0 saturated heterocycles. The zero-order chi connectivity index (χ0) is 13.7. The number of carbonyl (C=O) groups is 1. The van der Waals surface area contributed by atoms with E-state index < -0.39 is 47.5 Å². The Hall–Kier alpha value is -2.32. The Labute approximate surface area is 97.8 Å². The molecule has 98 valence electrons. The summed E-state index contributed by atoms with van der Waals surface area (Å²) in [6, 6.07) is 1.92. The third-order valence-corrected chi connectivity index (χ3v) is 1.73. The fourth-order valence-electron chi connectivity index (χ4n) is 0.934. The third kappa shape index (κ3) is 3.61. The molecule has 0 aliphatic carbocycles. The Morgan fingerprint density at radius 1 is 1.39 bits per heavy atom. The van der Waals surface area contributed by atoms with Crippen LogP contribution in [-0.2, 0) is 4.74 Å². The maximum absolute atomic E-state index is 12.3. The van der Waals surface area contributed by atoms with Crippen LogP contribution in [0, 0.1) is 10.1 Å². The first-order chi connectivity index (χ1) is 8.41. The average molecular weight is 265 g/mol. The number of furan rings is 1. The van der Waals surface area contributed by atoms with Gasteiger partial charge >= 0.3 is 17.9 Å². The quantitative estimate of drug-likeness (QED) is 0.464. The Morgan fingerprint density at radius 2 is 2.06 bits per heavy atom. The molecule has 0 bridgehead atoms. The summed E-state index contributed by atoms with van der Waals surface area (Å²) in [5, 5.41) is 10.2. The summed E-state index contributed by atoms with van der Waals surface area (Å²) in [6.45, 7) is -0.628. The molecule has 1 aromatic rings. The topological polar surface area (TPSA) is 82.6 Å². The number of nitrogens with zero attached hydrogens (tertiary/aromatic N) is 1. The van der Waals surface area contributed by atoms with Crippen LogP contribution in [0.1, 0.15) is 17.0 Å². The lowest BCUT2D eigenvalue weighted by molar-refractivity contribution is -0.402. The van der Waals surface area contributed by atoms with Gasteiger partial charge in [0.15, 0.2) is 5.83 Å². The van der Waals surface area contributed by atoms with Crippen molar-refractivity contribution in [3.8, 4) is 0 Å². The van der Waals surface area contributed by atoms with Gasteiger partial charge in [0, 0.05) is 6.42 Å². The molecule has 0 atom stereocenters. The fraction of sp³-hybridized carbons (Fsp3) is 0.222. The average Bonchev–Trinajstić information content (AvgIpc) is 2.77. The summed E-state index contributed by atoms with van der Waals surface area (Å²) in [4.78, 5) is 20.5. The van der Waals surface area contributed by atoms with Gasteiger partial charge in [-0.05, 0) is 6.07 Å². The highest BCUT2D eigenvalue weighted by atomic mass is 19.3. The molecule has 0 aliphatic rings. The van der Waals surface area contributed by atoms with Gasteiger partial charge in [-0.3, -0.25) is 10.1 Å². The van der Waals surface area contributed by atoms with E-state index in [0.717, 1.165) is 12.1 Å². The van der Waals surface area contributed by atoms with E-state index in [4.69, 9.17) is 0 Å². The van der Waals surface area contributed by atoms with Gasteiger partial charge in [0.1, 0.15) is 4.92 Å². The van der Waals surface area contributed by atoms with E-state index in [9.17, 15) is 28.1 Å². The van der Waals surface area contributed by atoms with Crippen molar-refractivity contribution in [1.82, 2.24) is 0 Å². The van der Waals surface area contributed by atoms with E-state index in [0.29, 0.717) is 0 Å². The van der Waals surface area contributed by atoms with E-state index in [1.54, 1.807) is 0 Å². The smallest absolute Gasteiger partial charge is 0.433 e. The molecular weight excluding hydrogens is 259 g/mol. The number of hydrogen-bond donors (Lipinski definition) is 0. The van der Waals surface area contributed by atoms with Crippen molar-refractivity contribution in [2.45, 2.75) is 6.42 Å². The highest BCUT2D eigenvalue weighted by Gasteiger charge is 2.18. The van der Waals surface area contributed by atoms with Gasteiger partial charge in [-0.2, -0.15) is 8.78 Å². The van der Waals surface area contributed by atoms with E-state index in [2.05, 4.69) is 9.15 Å². The van der Waals surface area contributed by atoms with Gasteiger partial charge in [-0.25, -0.2) is 9.18 Å². The molecule has 0 saturated carbocycles. The predicted molar refractivity (Wildman–Crippen MR) is 50.6 cm³/mol. The second kappa shape index (κ2) is 5.84. The van der Waals surface area contributed by atoms with Crippen LogP contribution in [0.5, 0.6) is 0 Å². The van der Waals surface area contributed by atoms with Crippen molar-refractivity contribution in [3.63, 3.8) is 0 Å². The van der Waals surface area contributed by atoms with Gasteiger partial charge in [0.2, 0.25) is 5.76 Å². The van der Waals surface area contributed by atoms with Gasteiger partial charge in [-0.1, -0.05) is 0 Å². The van der Waals surface area contributed by atoms with E-state index in [1.165, 1.54) is 0 Å². The Kier molecular flexibility index (Phi) is 4.46. The molecule has 6 nitrogen and oxygen atoms in total. The molecule has 0 N–H and O–H groups in total. The van der Waals surface area contributed by atoms with Gasteiger partial charge in [0.25, 0.3) is 0 Å². The van der Waals surface area contributed by atoms with Crippen LogP contribution in [0.25, 0.3) is 0 Å². The largest absolute Gasteiger partial charge is 0.459 e. The maximum atomic E-state index is 12.3. The summed E-state index contributed by atoms with van der Waals surface area (Å²) in [5.74, 6) is -3.92. The van der Waals surface area contributed by atoms with E-state index in [-0.39, 0.29) is 0 Å². The first-order valence-corrected chi connectivity index (χ1v) is 4.53. The molecule has 0 aliphatic heterocycles. The molecule has 0 unspecified atom stereocenters. The zero-order valence-electron chi connectivity index (χ0n) is 8.69. The molecule has 1 aromatic heterocycles. The highest BCUT2D eigenvalue weighted by Crippen LogP contribution is 2.17. The number of carbonyl (C=O) groups excluding carboxylic acids is 1. The van der Waals surface area contributed by atoms with Crippen LogP contribution in [0.4, 0.5) is 19.1 Å². The molecule has 18 heavy (non-hydrogen) atoms. The second-order valence-electron chi connectivity index (χ2n) is 2.95. The molecular formula is C9H6F3NO5. The minimum Gasteiger partial charge on any atom is -0.459 e. The third-order valence-electron chi connectivity index (χ3n) is 1.73. The van der Waals surface area contributed by atoms with Gasteiger partial charge in [0.05, 0.1) is 12.7 Å². The summed E-state index contributed by atoms with van der Waals surface area (Å²) >= 11 is 0. The van der Waals surface area contributed by atoms with Crippen molar-refractivity contribution in [2.75, 3.05) is 6.61 Å². The van der Waals surface area contributed by atoms with Crippen molar-refractivity contribution in [3.05, 3.63) is 39.9 Å². The van der Waals surface area contributed by atoms with Crippen LogP contribution in [0.3, 0.4) is 0 Å². The molecule has 1 rings (SSSR count). The number of esters is 1. The van der Waals surface area contributed by atoms with Crippen molar-refractivity contribution in [1.29, 1.82) is 0 Å². The molecule has 1 heterocycles. The standard InChI is InChI=1S/C9H6F3NO5/c10-5(8(11)12)3-4-17-9(14)6-1-2-7(18-6)13(15)16/h1-2H,3-4H2. The maximum Gasteiger partial charge on any atom is 0.433 e. The van der Waals surface area contributed by atoms with Crippen molar-refractivity contribution in [2.24, 2.45) is 0 Å². The first kappa shape index (κ1) is 13.7. The highest BCUT2D eigenvalue weighted by molar-refractivity contribution is 5.86. The Balaban J connectivity index is 2.51. The molecule has 9 heteroatoms. The van der Waals surface area contributed by atoms with Crippen LogP contribution in [-0.4, -0.2) is 17.5 Å². The van der Waals surface area contributed by atoms with Crippen LogP contribution < -0.4 is 0 Å². The summed E-state index contributed by atoms with van der Waals surface area (Å²) in [7, 11) is 0. The SMILES string of the molecule is O=C(OCCC(F)=C(F)F)c1ccc([N+](=O)[O-])o1. The molecule has 0 radical (unpaired) electrons. The Morgan fingerprint density at radius 3 is 2.56 bits per heavy atom. The predicted octanol–water partition coefficient (Wildman–Crippen LogP) is 2.81. The van der Waals surface area contributed by atoms with Crippen LogP contribution in [0.2, 0.25) is 0 Å². The second-order valence-corrected chi connectivity index (χ2v) is 2.95. The van der Waals surface area contributed by atoms with Crippen LogP contribution in [0.15, 0.2) is 28.5 Å². The molecule has 0 amide bonds. The minimum atomic E-state index is -2.49. The number of halogens is 3. The first-order valence-electron chi connectivity index (χ1n) is 4.53. The summed E-state index contributed by atoms with van der Waals surface area (Å²) in [5.41, 5.74) is 0. The Bertz CT molecular complexity index is 492. The van der Waals surface area contributed by atoms with Crippen LogP contribution >= 0.6 is 0 Å². The number of nitro groups is 1. The minimum absolute atomic E-state index is 0.466.